The molecule has 0 aromatic heterocycles. The van der Waals surface area contributed by atoms with Gasteiger partial charge >= 0.3 is 5.97 Å². The van der Waals surface area contributed by atoms with Crippen molar-refractivity contribution in [3.05, 3.63) is 28.2 Å². The van der Waals surface area contributed by atoms with E-state index in [1.807, 2.05) is 18.2 Å². The fraction of sp³-hybridized carbons (Fsp3) is 0.467. The molecule has 0 radical (unpaired) electrons. The zero-order chi connectivity index (χ0) is 15.4. The molecular weight excluding hydrogens is 338 g/mol. The van der Waals surface area contributed by atoms with Crippen molar-refractivity contribution in [1.82, 2.24) is 4.90 Å². The number of ether oxygens (including phenoxy) is 1. The first-order chi connectivity index (χ1) is 10.0. The van der Waals surface area contributed by atoms with Gasteiger partial charge in [-0.1, -0.05) is 6.07 Å². The van der Waals surface area contributed by atoms with Crippen LogP contribution >= 0.6 is 15.9 Å². The Morgan fingerprint density at radius 1 is 1.48 bits per heavy atom. The van der Waals surface area contributed by atoms with Crippen molar-refractivity contribution < 1.29 is 19.4 Å². The van der Waals surface area contributed by atoms with Crippen molar-refractivity contribution in [2.45, 2.75) is 19.3 Å². The SMILES string of the molecule is COc1ccc(CCC(=O)N2CCC(C(=O)O)C2)cc1Br. The summed E-state index contributed by atoms with van der Waals surface area (Å²) in [5, 5.41) is 8.95. The summed E-state index contributed by atoms with van der Waals surface area (Å²) in [5.41, 5.74) is 1.05. The second-order valence-corrected chi connectivity index (χ2v) is 5.99. The molecule has 1 saturated heterocycles. The number of carbonyl (C=O) groups is 2. The zero-order valence-electron chi connectivity index (χ0n) is 11.8. The number of hydrogen-bond acceptors (Lipinski definition) is 3. The number of amides is 1. The van der Waals surface area contributed by atoms with Crippen LogP contribution in [0.2, 0.25) is 0 Å². The maximum atomic E-state index is 12.1. The molecule has 6 heteroatoms. The highest BCUT2D eigenvalue weighted by Crippen LogP contribution is 2.26. The van der Waals surface area contributed by atoms with Crippen molar-refractivity contribution in [1.29, 1.82) is 0 Å². The smallest absolute Gasteiger partial charge is 0.308 e. The number of carboxylic acid groups (broad SMARTS) is 1. The summed E-state index contributed by atoms with van der Waals surface area (Å²) in [6, 6.07) is 5.73. The molecular formula is C15H18BrNO4. The number of nitrogens with zero attached hydrogens (tertiary/aromatic N) is 1. The third-order valence-electron chi connectivity index (χ3n) is 3.73. The van der Waals surface area contributed by atoms with Crippen LogP contribution in [0.15, 0.2) is 22.7 Å². The van der Waals surface area contributed by atoms with Gasteiger partial charge in [-0.05, 0) is 46.5 Å². The van der Waals surface area contributed by atoms with Gasteiger partial charge in [-0.15, -0.1) is 0 Å². The number of rotatable bonds is 5. The molecule has 1 unspecified atom stereocenters. The van der Waals surface area contributed by atoms with Gasteiger partial charge < -0.3 is 14.7 Å². The van der Waals surface area contributed by atoms with E-state index in [0.29, 0.717) is 32.4 Å². The van der Waals surface area contributed by atoms with Crippen molar-refractivity contribution in [2.24, 2.45) is 5.92 Å². The van der Waals surface area contributed by atoms with E-state index in [2.05, 4.69) is 15.9 Å². The van der Waals surface area contributed by atoms with Crippen molar-refractivity contribution in [3.8, 4) is 5.75 Å². The van der Waals surface area contributed by atoms with Gasteiger partial charge in [0.2, 0.25) is 5.91 Å². The van der Waals surface area contributed by atoms with E-state index in [-0.39, 0.29) is 5.91 Å². The van der Waals surface area contributed by atoms with Crippen LogP contribution in [0.25, 0.3) is 0 Å². The minimum atomic E-state index is -0.815. The molecule has 0 bridgehead atoms. The fourth-order valence-corrected chi connectivity index (χ4v) is 3.05. The molecule has 0 saturated carbocycles. The Balaban J connectivity index is 1.87. The number of hydrogen-bond donors (Lipinski definition) is 1. The maximum Gasteiger partial charge on any atom is 0.308 e. The van der Waals surface area contributed by atoms with Gasteiger partial charge in [0.1, 0.15) is 5.75 Å². The lowest BCUT2D eigenvalue weighted by Gasteiger charge is -2.15. The third kappa shape index (κ3) is 3.97. The molecule has 5 nitrogen and oxygen atoms in total. The van der Waals surface area contributed by atoms with Gasteiger partial charge in [0.05, 0.1) is 17.5 Å². The number of carbonyl (C=O) groups excluding carboxylic acids is 1. The summed E-state index contributed by atoms with van der Waals surface area (Å²) in [7, 11) is 1.61. The Morgan fingerprint density at radius 2 is 2.24 bits per heavy atom. The van der Waals surface area contributed by atoms with Crippen molar-refractivity contribution >= 4 is 27.8 Å². The van der Waals surface area contributed by atoms with E-state index >= 15 is 0 Å². The Morgan fingerprint density at radius 3 is 2.81 bits per heavy atom. The number of methoxy groups -OCH3 is 1. The van der Waals surface area contributed by atoms with E-state index in [4.69, 9.17) is 9.84 Å². The predicted octanol–water partition coefficient (Wildman–Crippen LogP) is 2.32. The van der Waals surface area contributed by atoms with Crippen LogP contribution in [0.4, 0.5) is 0 Å². The fourth-order valence-electron chi connectivity index (χ4n) is 2.46. The summed E-state index contributed by atoms with van der Waals surface area (Å²) >= 11 is 3.42. The standard InChI is InChI=1S/C15H18BrNO4/c1-21-13-4-2-10(8-12(13)16)3-5-14(18)17-7-6-11(9-17)15(19)20/h2,4,8,11H,3,5-7,9H2,1H3,(H,19,20). The summed E-state index contributed by atoms with van der Waals surface area (Å²) < 4.78 is 6.03. The molecule has 114 valence electrons. The maximum absolute atomic E-state index is 12.1. The molecule has 1 atom stereocenters. The van der Waals surface area contributed by atoms with E-state index in [0.717, 1.165) is 15.8 Å². The van der Waals surface area contributed by atoms with Crippen molar-refractivity contribution in [3.63, 3.8) is 0 Å². The molecule has 0 spiro atoms. The summed E-state index contributed by atoms with van der Waals surface area (Å²) in [6.07, 6.45) is 1.58. The summed E-state index contributed by atoms with van der Waals surface area (Å²) in [6.45, 7) is 0.878. The summed E-state index contributed by atoms with van der Waals surface area (Å²) in [5.74, 6) is -0.451. The lowest BCUT2D eigenvalue weighted by Crippen LogP contribution is -2.30. The third-order valence-corrected chi connectivity index (χ3v) is 4.35. The molecule has 1 amide bonds. The summed E-state index contributed by atoms with van der Waals surface area (Å²) in [4.78, 5) is 24.6. The Kier molecular flexibility index (Phi) is 5.22. The topological polar surface area (TPSA) is 66.8 Å². The second-order valence-electron chi connectivity index (χ2n) is 5.13. The van der Waals surface area contributed by atoms with Crippen LogP contribution in [0.3, 0.4) is 0 Å². The normalized spacial score (nSPS) is 17.8. The average molecular weight is 356 g/mol. The van der Waals surface area contributed by atoms with Crippen LogP contribution < -0.4 is 4.74 Å². The lowest BCUT2D eigenvalue weighted by atomic mass is 10.1. The van der Waals surface area contributed by atoms with E-state index in [9.17, 15) is 9.59 Å². The quantitative estimate of drug-likeness (QED) is 0.879. The number of likely N-dealkylation sites (tertiary alicyclic amines) is 1. The van der Waals surface area contributed by atoms with E-state index in [1.54, 1.807) is 12.0 Å². The Bertz CT molecular complexity index is 546. The van der Waals surface area contributed by atoms with Crippen LogP contribution in [-0.2, 0) is 16.0 Å². The first kappa shape index (κ1) is 15.8. The van der Waals surface area contributed by atoms with E-state index < -0.39 is 11.9 Å². The van der Waals surface area contributed by atoms with E-state index in [1.165, 1.54) is 0 Å². The van der Waals surface area contributed by atoms with Gasteiger partial charge in [-0.2, -0.15) is 0 Å². The van der Waals surface area contributed by atoms with Gasteiger partial charge in [0.15, 0.2) is 0 Å². The minimum absolute atomic E-state index is 0.0192. The number of benzene rings is 1. The molecule has 2 rings (SSSR count). The number of halogens is 1. The van der Waals surface area contributed by atoms with Gasteiger partial charge in [0.25, 0.3) is 0 Å². The molecule has 1 aliphatic rings. The highest BCUT2D eigenvalue weighted by atomic mass is 79.9. The lowest BCUT2D eigenvalue weighted by molar-refractivity contribution is -0.141. The minimum Gasteiger partial charge on any atom is -0.496 e. The molecule has 0 aliphatic carbocycles. The number of aryl methyl sites for hydroxylation is 1. The average Bonchev–Trinajstić information content (AvgIpc) is 2.95. The second kappa shape index (κ2) is 6.93. The van der Waals surface area contributed by atoms with Crippen LogP contribution in [0.1, 0.15) is 18.4 Å². The van der Waals surface area contributed by atoms with Gasteiger partial charge in [-0.3, -0.25) is 9.59 Å². The first-order valence-electron chi connectivity index (χ1n) is 6.84. The highest BCUT2D eigenvalue weighted by molar-refractivity contribution is 9.10. The Hall–Kier alpha value is -1.56. The first-order valence-corrected chi connectivity index (χ1v) is 7.63. The molecule has 21 heavy (non-hydrogen) atoms. The molecule has 1 aliphatic heterocycles. The molecule has 1 heterocycles. The number of aliphatic carboxylic acids is 1. The van der Waals surface area contributed by atoms with Crippen LogP contribution in [-0.4, -0.2) is 42.1 Å². The number of carboxylic acids is 1. The Labute approximate surface area is 132 Å². The largest absolute Gasteiger partial charge is 0.496 e. The monoisotopic (exact) mass is 355 g/mol. The molecule has 1 aromatic rings. The van der Waals surface area contributed by atoms with Crippen LogP contribution in [0.5, 0.6) is 5.75 Å². The molecule has 1 N–H and O–H groups in total. The predicted molar refractivity (Wildman–Crippen MR) is 81.3 cm³/mol. The van der Waals surface area contributed by atoms with Crippen LogP contribution in [0, 0.1) is 5.92 Å². The molecule has 1 aromatic carbocycles. The van der Waals surface area contributed by atoms with Gasteiger partial charge in [0, 0.05) is 19.5 Å². The zero-order valence-corrected chi connectivity index (χ0v) is 13.4. The highest BCUT2D eigenvalue weighted by Gasteiger charge is 2.30. The molecule has 1 fully saturated rings. The van der Waals surface area contributed by atoms with Crippen molar-refractivity contribution in [2.75, 3.05) is 20.2 Å². The van der Waals surface area contributed by atoms with Gasteiger partial charge in [-0.25, -0.2) is 0 Å².